The molecule has 0 radical (unpaired) electrons. The molecule has 1 saturated carbocycles. The lowest BCUT2D eigenvalue weighted by Crippen LogP contribution is -2.39. The van der Waals surface area contributed by atoms with Crippen LogP contribution in [0.4, 0.5) is 5.82 Å². The number of nitrogens with zero attached hydrogens (tertiary/aromatic N) is 4. The van der Waals surface area contributed by atoms with Crippen LogP contribution >= 0.6 is 0 Å². The van der Waals surface area contributed by atoms with Crippen LogP contribution in [-0.4, -0.2) is 75.4 Å². The van der Waals surface area contributed by atoms with Crippen molar-refractivity contribution >= 4 is 29.4 Å². The van der Waals surface area contributed by atoms with Crippen LogP contribution in [0.5, 0.6) is 5.88 Å². The highest BCUT2D eigenvalue weighted by Crippen LogP contribution is 2.28. The fraction of sp³-hybridized carbons (Fsp3) is 0.545. The van der Waals surface area contributed by atoms with Crippen molar-refractivity contribution in [3.05, 3.63) is 27.6 Å². The average molecular weight is 459 g/mol. The molecule has 11 nitrogen and oxygen atoms in total. The van der Waals surface area contributed by atoms with Gasteiger partial charge >= 0.3 is 0 Å². The predicted molar refractivity (Wildman–Crippen MR) is 122 cm³/mol. The summed E-state index contributed by atoms with van der Waals surface area (Å²) in [4.78, 5) is 40.3. The van der Waals surface area contributed by atoms with Gasteiger partial charge < -0.3 is 25.4 Å². The number of anilines is 1. The van der Waals surface area contributed by atoms with E-state index in [0.717, 1.165) is 17.4 Å². The van der Waals surface area contributed by atoms with Gasteiger partial charge in [-0.15, -0.1) is 5.10 Å². The zero-order chi connectivity index (χ0) is 23.7. The van der Waals surface area contributed by atoms with Crippen LogP contribution in [0.1, 0.15) is 42.6 Å². The molecule has 2 fully saturated rings. The first kappa shape index (κ1) is 22.8. The minimum absolute atomic E-state index is 0.0285. The van der Waals surface area contributed by atoms with E-state index in [4.69, 9.17) is 4.74 Å². The lowest BCUT2D eigenvalue weighted by atomic mass is 10.2. The Balaban J connectivity index is 1.84. The maximum atomic E-state index is 13.2. The third kappa shape index (κ3) is 4.58. The van der Waals surface area contributed by atoms with Crippen molar-refractivity contribution in [3.63, 3.8) is 0 Å². The highest BCUT2D eigenvalue weighted by molar-refractivity contribution is 5.97. The normalized spacial score (nSPS) is 16.7. The first-order valence-corrected chi connectivity index (χ1v) is 11.2. The molecule has 2 aromatic heterocycles. The Morgan fingerprint density at radius 2 is 1.97 bits per heavy atom. The summed E-state index contributed by atoms with van der Waals surface area (Å²) in [5.74, 6) is -0.741. The van der Waals surface area contributed by atoms with Crippen molar-refractivity contribution < 1.29 is 19.4 Å². The van der Waals surface area contributed by atoms with Crippen molar-refractivity contribution in [1.29, 1.82) is 0 Å². The summed E-state index contributed by atoms with van der Waals surface area (Å²) in [6.07, 6.45) is 4.73. The topological polar surface area (TPSA) is 130 Å². The second-order valence-electron chi connectivity index (χ2n) is 8.77. The van der Waals surface area contributed by atoms with E-state index >= 15 is 0 Å². The molecule has 178 valence electrons. The number of aromatic hydroxyl groups is 1. The monoisotopic (exact) mass is 458 g/mol. The number of carbonyl (C=O) groups excluding carboxylic acids is 2. The molecule has 0 bridgehead atoms. The lowest BCUT2D eigenvalue weighted by Gasteiger charge is -2.25. The van der Waals surface area contributed by atoms with Gasteiger partial charge in [0, 0.05) is 38.8 Å². The molecule has 0 unspecified atom stereocenters. The minimum atomic E-state index is -0.712. The van der Waals surface area contributed by atoms with Gasteiger partial charge in [-0.3, -0.25) is 19.0 Å². The number of aromatic nitrogens is 3. The quantitative estimate of drug-likeness (QED) is 0.520. The number of ether oxygens (including phenoxy) is 1. The standard InChI is InChI=1S/C22H30N6O5/c1-13(2)12-27-20-15(6-7-16(29)26-8-10-33-11-9-26)18(23-3)25-28(20)22(32)17(21(27)31)19(30)24-14-4-5-14/h6-7,13-14,31H,4-5,8-12H2,1-3H3,(H,23,25)(H,24,30). The van der Waals surface area contributed by atoms with Crippen molar-refractivity contribution in [3.8, 4) is 5.88 Å². The second-order valence-corrected chi connectivity index (χ2v) is 8.77. The number of carbonyl (C=O) groups is 2. The SMILES string of the molecule is CNc1nn2c(=O)c(C(=O)NC3CC3)c(O)n(CC(C)C)c2c1C=CC(=O)N1CCOCC1. The minimum Gasteiger partial charge on any atom is -0.494 e. The highest BCUT2D eigenvalue weighted by atomic mass is 16.5. The maximum Gasteiger partial charge on any atom is 0.291 e. The van der Waals surface area contributed by atoms with E-state index in [1.54, 1.807) is 18.0 Å². The van der Waals surface area contributed by atoms with Gasteiger partial charge in [0.2, 0.25) is 11.8 Å². The van der Waals surface area contributed by atoms with Gasteiger partial charge in [-0.05, 0) is 24.8 Å². The number of amides is 2. The van der Waals surface area contributed by atoms with E-state index < -0.39 is 17.3 Å². The molecule has 2 aromatic rings. The maximum absolute atomic E-state index is 13.2. The van der Waals surface area contributed by atoms with Crippen molar-refractivity contribution in [2.24, 2.45) is 5.92 Å². The third-order valence-corrected chi connectivity index (χ3v) is 5.68. The zero-order valence-electron chi connectivity index (χ0n) is 19.1. The van der Waals surface area contributed by atoms with Gasteiger partial charge in [-0.25, -0.2) is 0 Å². The molecule has 3 heterocycles. The van der Waals surface area contributed by atoms with Crippen LogP contribution in [0.2, 0.25) is 0 Å². The van der Waals surface area contributed by atoms with E-state index in [9.17, 15) is 19.5 Å². The number of hydrogen-bond donors (Lipinski definition) is 3. The molecule has 1 aliphatic carbocycles. The summed E-state index contributed by atoms with van der Waals surface area (Å²) in [6, 6.07) is 0.0285. The molecular formula is C22H30N6O5. The largest absolute Gasteiger partial charge is 0.494 e. The number of hydrogen-bond acceptors (Lipinski definition) is 7. The Hall–Kier alpha value is -3.34. The summed E-state index contributed by atoms with van der Waals surface area (Å²) >= 11 is 0. The van der Waals surface area contributed by atoms with E-state index in [1.165, 1.54) is 10.6 Å². The molecule has 11 heteroatoms. The van der Waals surface area contributed by atoms with Gasteiger partial charge in [-0.1, -0.05) is 13.8 Å². The lowest BCUT2D eigenvalue weighted by molar-refractivity contribution is -0.129. The molecular weight excluding hydrogens is 428 g/mol. The van der Waals surface area contributed by atoms with Crippen LogP contribution in [0.3, 0.4) is 0 Å². The summed E-state index contributed by atoms with van der Waals surface area (Å²) in [5, 5.41) is 21.1. The summed E-state index contributed by atoms with van der Waals surface area (Å²) in [5.41, 5.74) is -0.262. The Morgan fingerprint density at radius 1 is 1.27 bits per heavy atom. The van der Waals surface area contributed by atoms with E-state index in [0.29, 0.717) is 49.9 Å². The number of morpholine rings is 1. The predicted octanol–water partition coefficient (Wildman–Crippen LogP) is 0.664. The van der Waals surface area contributed by atoms with Crippen LogP contribution < -0.4 is 16.2 Å². The molecule has 0 atom stereocenters. The van der Waals surface area contributed by atoms with E-state index in [1.807, 2.05) is 13.8 Å². The number of nitrogens with one attached hydrogen (secondary N) is 2. The van der Waals surface area contributed by atoms with Gasteiger partial charge in [0.1, 0.15) is 0 Å². The molecule has 33 heavy (non-hydrogen) atoms. The van der Waals surface area contributed by atoms with E-state index in [-0.39, 0.29) is 23.4 Å². The van der Waals surface area contributed by atoms with Crippen molar-refractivity contribution in [1.82, 2.24) is 24.4 Å². The molecule has 1 aliphatic heterocycles. The van der Waals surface area contributed by atoms with Gasteiger partial charge in [0.15, 0.2) is 17.0 Å². The molecule has 4 rings (SSSR count). The van der Waals surface area contributed by atoms with Crippen LogP contribution in [-0.2, 0) is 16.1 Å². The van der Waals surface area contributed by atoms with Gasteiger partial charge in [0.25, 0.3) is 11.5 Å². The Morgan fingerprint density at radius 3 is 2.58 bits per heavy atom. The summed E-state index contributed by atoms with van der Waals surface area (Å²) in [6.45, 7) is 6.27. The zero-order valence-corrected chi connectivity index (χ0v) is 19.1. The van der Waals surface area contributed by atoms with E-state index in [2.05, 4.69) is 15.7 Å². The second kappa shape index (κ2) is 9.26. The van der Waals surface area contributed by atoms with Crippen molar-refractivity contribution in [2.75, 3.05) is 38.7 Å². The molecule has 0 spiro atoms. The fourth-order valence-electron chi connectivity index (χ4n) is 3.86. The Labute approximate surface area is 191 Å². The number of rotatable bonds is 7. The first-order chi connectivity index (χ1) is 15.8. The molecule has 1 saturated heterocycles. The summed E-state index contributed by atoms with van der Waals surface area (Å²) in [7, 11) is 1.65. The first-order valence-electron chi connectivity index (χ1n) is 11.2. The smallest absolute Gasteiger partial charge is 0.291 e. The number of fused-ring (bicyclic) bond motifs is 1. The van der Waals surface area contributed by atoms with Crippen LogP contribution in [0.25, 0.3) is 11.7 Å². The Bertz CT molecular complexity index is 1150. The molecule has 0 aromatic carbocycles. The third-order valence-electron chi connectivity index (χ3n) is 5.68. The molecule has 3 N–H and O–H groups in total. The fourth-order valence-corrected chi connectivity index (χ4v) is 3.86. The molecule has 2 aliphatic rings. The summed E-state index contributed by atoms with van der Waals surface area (Å²) < 4.78 is 7.93. The highest BCUT2D eigenvalue weighted by Gasteiger charge is 2.30. The molecule has 2 amide bonds. The van der Waals surface area contributed by atoms with Gasteiger partial charge in [0.05, 0.1) is 18.8 Å². The van der Waals surface area contributed by atoms with Gasteiger partial charge in [-0.2, -0.15) is 4.52 Å². The van der Waals surface area contributed by atoms with Crippen LogP contribution in [0, 0.1) is 5.92 Å². The van der Waals surface area contributed by atoms with Crippen molar-refractivity contribution in [2.45, 2.75) is 39.3 Å². The Kier molecular flexibility index (Phi) is 6.41. The average Bonchev–Trinajstić information content (AvgIpc) is 3.52. The van der Waals surface area contributed by atoms with Crippen LogP contribution in [0.15, 0.2) is 10.9 Å².